The highest BCUT2D eigenvalue weighted by Crippen LogP contribution is 2.08. The van der Waals surface area contributed by atoms with Gasteiger partial charge < -0.3 is 11.1 Å². The van der Waals surface area contributed by atoms with Crippen LogP contribution in [0.4, 0.5) is 5.82 Å². The molecule has 0 bridgehead atoms. The van der Waals surface area contributed by atoms with Gasteiger partial charge in [0.2, 0.25) is 0 Å². The third-order valence-corrected chi connectivity index (χ3v) is 1.56. The Kier molecular flexibility index (Phi) is 2.44. The average Bonchev–Trinajstić information content (AvgIpc) is 1.98. The number of anilines is 1. The van der Waals surface area contributed by atoms with E-state index in [-0.39, 0.29) is 0 Å². The fraction of sp³-hybridized carbons (Fsp3) is 0.375. The first-order valence-electron chi connectivity index (χ1n) is 3.59. The van der Waals surface area contributed by atoms with E-state index in [1.165, 1.54) is 5.56 Å². The van der Waals surface area contributed by atoms with Gasteiger partial charge in [-0.25, -0.2) is 4.98 Å². The number of pyridine rings is 1. The van der Waals surface area contributed by atoms with E-state index in [4.69, 9.17) is 5.73 Å². The standard InChI is InChI=1S/C8H13N3/c1-6-3-7(4-10-2)5-11-8(6)9/h3,5,10H,4H2,1-2H3,(H2,9,11). The molecule has 1 heterocycles. The summed E-state index contributed by atoms with van der Waals surface area (Å²) in [6, 6.07) is 2.04. The maximum absolute atomic E-state index is 5.55. The predicted octanol–water partition coefficient (Wildman–Crippen LogP) is 0.692. The van der Waals surface area contributed by atoms with Crippen molar-refractivity contribution in [2.75, 3.05) is 12.8 Å². The van der Waals surface area contributed by atoms with Crippen molar-refractivity contribution in [2.24, 2.45) is 0 Å². The van der Waals surface area contributed by atoms with Crippen molar-refractivity contribution >= 4 is 5.82 Å². The molecule has 3 heteroatoms. The van der Waals surface area contributed by atoms with Gasteiger partial charge in [0.1, 0.15) is 5.82 Å². The molecule has 0 amide bonds. The number of rotatable bonds is 2. The van der Waals surface area contributed by atoms with Gasteiger partial charge in [0.25, 0.3) is 0 Å². The number of hydrogen-bond acceptors (Lipinski definition) is 3. The lowest BCUT2D eigenvalue weighted by molar-refractivity contribution is 0.812. The number of nitrogens with two attached hydrogens (primary N) is 1. The van der Waals surface area contributed by atoms with Crippen LogP contribution in [0.2, 0.25) is 0 Å². The van der Waals surface area contributed by atoms with Crippen molar-refractivity contribution in [3.8, 4) is 0 Å². The van der Waals surface area contributed by atoms with E-state index in [0.29, 0.717) is 5.82 Å². The summed E-state index contributed by atoms with van der Waals surface area (Å²) < 4.78 is 0. The van der Waals surface area contributed by atoms with Crippen molar-refractivity contribution in [1.82, 2.24) is 10.3 Å². The molecule has 1 aromatic rings. The van der Waals surface area contributed by atoms with Crippen LogP contribution in [0.1, 0.15) is 11.1 Å². The Morgan fingerprint density at radius 2 is 2.36 bits per heavy atom. The Hall–Kier alpha value is -1.09. The second kappa shape index (κ2) is 3.34. The first-order valence-corrected chi connectivity index (χ1v) is 3.59. The van der Waals surface area contributed by atoms with E-state index in [1.807, 2.05) is 20.0 Å². The molecule has 1 rings (SSSR count). The smallest absolute Gasteiger partial charge is 0.126 e. The van der Waals surface area contributed by atoms with Gasteiger partial charge in [-0.15, -0.1) is 0 Å². The van der Waals surface area contributed by atoms with Crippen molar-refractivity contribution < 1.29 is 0 Å². The minimum Gasteiger partial charge on any atom is -0.383 e. The molecule has 0 spiro atoms. The Balaban J connectivity index is 2.86. The summed E-state index contributed by atoms with van der Waals surface area (Å²) in [6.07, 6.45) is 1.79. The van der Waals surface area contributed by atoms with E-state index in [2.05, 4.69) is 10.3 Å². The summed E-state index contributed by atoms with van der Waals surface area (Å²) in [5.74, 6) is 0.616. The molecule has 0 fully saturated rings. The molecule has 0 radical (unpaired) electrons. The van der Waals surface area contributed by atoms with Gasteiger partial charge in [0.05, 0.1) is 0 Å². The fourth-order valence-corrected chi connectivity index (χ4v) is 0.944. The van der Waals surface area contributed by atoms with Gasteiger partial charge in [-0.3, -0.25) is 0 Å². The summed E-state index contributed by atoms with van der Waals surface area (Å²) in [6.45, 7) is 2.80. The summed E-state index contributed by atoms with van der Waals surface area (Å²) in [5, 5.41) is 3.05. The van der Waals surface area contributed by atoms with Crippen LogP contribution < -0.4 is 11.1 Å². The lowest BCUT2D eigenvalue weighted by Gasteiger charge is -2.02. The molecule has 0 aliphatic rings. The van der Waals surface area contributed by atoms with Crippen molar-refractivity contribution in [2.45, 2.75) is 13.5 Å². The fourth-order valence-electron chi connectivity index (χ4n) is 0.944. The van der Waals surface area contributed by atoms with Gasteiger partial charge in [-0.05, 0) is 31.2 Å². The molecule has 0 saturated carbocycles. The first-order chi connectivity index (χ1) is 5.24. The zero-order valence-corrected chi connectivity index (χ0v) is 6.89. The molecule has 1 aromatic heterocycles. The molecule has 3 N–H and O–H groups in total. The van der Waals surface area contributed by atoms with Crippen LogP contribution in [0.5, 0.6) is 0 Å². The predicted molar refractivity (Wildman–Crippen MR) is 46.2 cm³/mol. The number of nitrogens with one attached hydrogen (secondary N) is 1. The highest BCUT2D eigenvalue weighted by molar-refractivity contribution is 5.39. The number of aromatic nitrogens is 1. The number of nitrogen functional groups attached to an aromatic ring is 1. The maximum Gasteiger partial charge on any atom is 0.126 e. The van der Waals surface area contributed by atoms with Crippen molar-refractivity contribution in [3.05, 3.63) is 23.4 Å². The molecule has 0 aromatic carbocycles. The minimum atomic E-state index is 0.616. The van der Waals surface area contributed by atoms with Crippen molar-refractivity contribution in [1.29, 1.82) is 0 Å². The molecular formula is C8H13N3. The van der Waals surface area contributed by atoms with E-state index in [9.17, 15) is 0 Å². The third-order valence-electron chi connectivity index (χ3n) is 1.56. The summed E-state index contributed by atoms with van der Waals surface area (Å²) in [4.78, 5) is 4.04. The monoisotopic (exact) mass is 151 g/mol. The second-order valence-electron chi connectivity index (χ2n) is 2.58. The van der Waals surface area contributed by atoms with E-state index < -0.39 is 0 Å². The Bertz CT molecular complexity index is 245. The van der Waals surface area contributed by atoms with Crippen LogP contribution in [-0.4, -0.2) is 12.0 Å². The molecule has 0 aliphatic heterocycles. The Labute approximate surface area is 66.6 Å². The van der Waals surface area contributed by atoms with E-state index in [1.54, 1.807) is 6.20 Å². The largest absolute Gasteiger partial charge is 0.383 e. The maximum atomic E-state index is 5.55. The van der Waals surface area contributed by atoms with Gasteiger partial charge in [0.15, 0.2) is 0 Å². The first kappa shape index (κ1) is 8.01. The molecule has 11 heavy (non-hydrogen) atoms. The summed E-state index contributed by atoms with van der Waals surface area (Å²) >= 11 is 0. The SMILES string of the molecule is CNCc1cnc(N)c(C)c1. The average molecular weight is 151 g/mol. The summed E-state index contributed by atoms with van der Waals surface area (Å²) in [7, 11) is 1.91. The highest BCUT2D eigenvalue weighted by Gasteiger charge is 1.95. The zero-order chi connectivity index (χ0) is 8.27. The van der Waals surface area contributed by atoms with Gasteiger partial charge >= 0.3 is 0 Å². The minimum absolute atomic E-state index is 0.616. The van der Waals surface area contributed by atoms with E-state index >= 15 is 0 Å². The Morgan fingerprint density at radius 1 is 1.64 bits per heavy atom. The van der Waals surface area contributed by atoms with Gasteiger partial charge in [0, 0.05) is 12.7 Å². The Morgan fingerprint density at radius 3 is 2.91 bits per heavy atom. The lowest BCUT2D eigenvalue weighted by atomic mass is 10.2. The van der Waals surface area contributed by atoms with Crippen LogP contribution in [0.25, 0.3) is 0 Å². The molecule has 0 saturated heterocycles. The molecule has 3 nitrogen and oxygen atoms in total. The number of nitrogens with zero attached hydrogens (tertiary/aromatic N) is 1. The quantitative estimate of drug-likeness (QED) is 0.654. The number of hydrogen-bond donors (Lipinski definition) is 2. The van der Waals surface area contributed by atoms with Gasteiger partial charge in [-0.2, -0.15) is 0 Å². The van der Waals surface area contributed by atoms with Gasteiger partial charge in [-0.1, -0.05) is 0 Å². The molecule has 60 valence electrons. The number of aryl methyl sites for hydroxylation is 1. The topological polar surface area (TPSA) is 50.9 Å². The molecule has 0 aliphatic carbocycles. The molecule has 0 unspecified atom stereocenters. The van der Waals surface area contributed by atoms with Crippen LogP contribution in [0, 0.1) is 6.92 Å². The lowest BCUT2D eigenvalue weighted by Crippen LogP contribution is -2.06. The highest BCUT2D eigenvalue weighted by atomic mass is 14.8. The van der Waals surface area contributed by atoms with Crippen LogP contribution in [-0.2, 0) is 6.54 Å². The van der Waals surface area contributed by atoms with Crippen molar-refractivity contribution in [3.63, 3.8) is 0 Å². The summed E-state index contributed by atoms with van der Waals surface area (Å²) in [5.41, 5.74) is 7.76. The van der Waals surface area contributed by atoms with E-state index in [0.717, 1.165) is 12.1 Å². The second-order valence-corrected chi connectivity index (χ2v) is 2.58. The van der Waals surface area contributed by atoms with Crippen LogP contribution >= 0.6 is 0 Å². The normalized spacial score (nSPS) is 10.0. The third kappa shape index (κ3) is 1.91. The molecular weight excluding hydrogens is 138 g/mol. The molecule has 0 atom stereocenters. The van der Waals surface area contributed by atoms with Crippen LogP contribution in [0.3, 0.4) is 0 Å². The van der Waals surface area contributed by atoms with Crippen LogP contribution in [0.15, 0.2) is 12.3 Å². The zero-order valence-electron chi connectivity index (χ0n) is 6.89.